The molecule has 1 N–H and O–H groups in total. The molecule has 1 aliphatic heterocycles. The lowest BCUT2D eigenvalue weighted by atomic mass is 9.86. The van der Waals surface area contributed by atoms with Crippen molar-refractivity contribution in [3.05, 3.63) is 71.0 Å². The van der Waals surface area contributed by atoms with Gasteiger partial charge in [-0.05, 0) is 53.5 Å². The quantitative estimate of drug-likeness (QED) is 0.790. The summed E-state index contributed by atoms with van der Waals surface area (Å²) < 4.78 is 13.8. The first-order chi connectivity index (χ1) is 14.1. The molecule has 0 bridgehead atoms. The van der Waals surface area contributed by atoms with Crippen molar-refractivity contribution in [3.8, 4) is 0 Å². The number of hydrogen-bond acceptors (Lipinski definition) is 2. The van der Waals surface area contributed by atoms with Gasteiger partial charge in [-0.2, -0.15) is 0 Å². The van der Waals surface area contributed by atoms with Crippen LogP contribution < -0.4 is 5.32 Å². The summed E-state index contributed by atoms with van der Waals surface area (Å²) in [5.41, 5.74) is 3.75. The molecule has 2 aromatic rings. The van der Waals surface area contributed by atoms with E-state index in [-0.39, 0.29) is 23.8 Å². The summed E-state index contributed by atoms with van der Waals surface area (Å²) in [6.07, 6.45) is 3.97. The molecule has 1 amide bonds. The fourth-order valence-corrected chi connectivity index (χ4v) is 5.27. The first kappa shape index (κ1) is 20.1. The Balaban J connectivity index is 1.56. The van der Waals surface area contributed by atoms with Gasteiger partial charge in [0.1, 0.15) is 5.82 Å². The maximum atomic E-state index is 13.8. The Kier molecular flexibility index (Phi) is 6.00. The highest BCUT2D eigenvalue weighted by atomic mass is 19.1. The number of rotatable bonds is 6. The Morgan fingerprint density at radius 1 is 1.07 bits per heavy atom. The number of piperazine rings is 1. The van der Waals surface area contributed by atoms with Crippen LogP contribution in [0.4, 0.5) is 4.39 Å². The zero-order valence-electron chi connectivity index (χ0n) is 17.4. The third kappa shape index (κ3) is 4.23. The summed E-state index contributed by atoms with van der Waals surface area (Å²) in [7, 11) is 0. The van der Waals surface area contributed by atoms with Gasteiger partial charge in [-0.3, -0.25) is 9.69 Å². The summed E-state index contributed by atoms with van der Waals surface area (Å²) in [6.45, 7) is 5.74. The van der Waals surface area contributed by atoms with E-state index in [0.29, 0.717) is 18.4 Å². The summed E-state index contributed by atoms with van der Waals surface area (Å²) in [6, 6.07) is 15.4. The maximum Gasteiger partial charge on any atom is 0.237 e. The lowest BCUT2D eigenvalue weighted by Crippen LogP contribution is -2.63. The highest BCUT2D eigenvalue weighted by molar-refractivity contribution is 5.83. The van der Waals surface area contributed by atoms with Crippen molar-refractivity contribution in [3.63, 3.8) is 0 Å². The van der Waals surface area contributed by atoms with Crippen LogP contribution in [-0.2, 0) is 24.2 Å². The molecule has 0 spiro atoms. The second kappa shape index (κ2) is 8.66. The fraction of sp³-hybridized carbons (Fsp3) is 0.480. The number of carbonyl (C=O) groups is 1. The van der Waals surface area contributed by atoms with Crippen LogP contribution >= 0.6 is 0 Å². The monoisotopic (exact) mass is 394 g/mol. The van der Waals surface area contributed by atoms with Crippen LogP contribution in [0.25, 0.3) is 0 Å². The molecule has 1 heterocycles. The average Bonchev–Trinajstić information content (AvgIpc) is 3.15. The van der Waals surface area contributed by atoms with Gasteiger partial charge in [0.2, 0.25) is 5.91 Å². The van der Waals surface area contributed by atoms with Crippen LogP contribution in [0.15, 0.2) is 48.5 Å². The Morgan fingerprint density at radius 2 is 1.76 bits per heavy atom. The van der Waals surface area contributed by atoms with Crippen LogP contribution in [0, 0.1) is 17.7 Å². The van der Waals surface area contributed by atoms with Gasteiger partial charge in [-0.1, -0.05) is 63.1 Å². The molecule has 2 aliphatic rings. The Morgan fingerprint density at radius 3 is 2.38 bits per heavy atom. The topological polar surface area (TPSA) is 32.3 Å². The average molecular weight is 395 g/mol. The summed E-state index contributed by atoms with van der Waals surface area (Å²) in [5.74, 6) is 0.660. The SMILES string of the molecule is CCC(CC)[C@@H]1C(=O)N[C@H](C2Cc3ccccc3C2)CN1Cc1cccc(F)c1. The number of nitrogens with one attached hydrogen (secondary N) is 1. The van der Waals surface area contributed by atoms with Crippen molar-refractivity contribution in [2.24, 2.45) is 11.8 Å². The number of carbonyl (C=O) groups excluding carboxylic acids is 1. The lowest BCUT2D eigenvalue weighted by Gasteiger charge is -2.44. The molecule has 4 rings (SSSR count). The zero-order valence-corrected chi connectivity index (χ0v) is 17.4. The highest BCUT2D eigenvalue weighted by Gasteiger charge is 2.41. The molecule has 1 aliphatic carbocycles. The van der Waals surface area contributed by atoms with E-state index in [2.05, 4.69) is 48.3 Å². The van der Waals surface area contributed by atoms with Gasteiger partial charge in [-0.15, -0.1) is 0 Å². The van der Waals surface area contributed by atoms with E-state index in [1.54, 1.807) is 12.1 Å². The normalized spacial score (nSPS) is 22.7. The van der Waals surface area contributed by atoms with Crippen molar-refractivity contribution in [1.29, 1.82) is 0 Å². The molecule has 0 unspecified atom stereocenters. The van der Waals surface area contributed by atoms with Crippen LogP contribution in [0.3, 0.4) is 0 Å². The first-order valence-electron chi connectivity index (χ1n) is 10.9. The van der Waals surface area contributed by atoms with E-state index < -0.39 is 0 Å². The van der Waals surface area contributed by atoms with Crippen LogP contribution in [-0.4, -0.2) is 29.4 Å². The minimum atomic E-state index is -0.217. The van der Waals surface area contributed by atoms with Gasteiger partial charge in [0, 0.05) is 19.1 Å². The molecule has 0 radical (unpaired) electrons. The molecule has 154 valence electrons. The van der Waals surface area contributed by atoms with Crippen LogP contribution in [0.2, 0.25) is 0 Å². The Hall–Kier alpha value is -2.20. The zero-order chi connectivity index (χ0) is 20.4. The molecule has 1 fully saturated rings. The van der Waals surface area contributed by atoms with Crippen molar-refractivity contribution in [2.45, 2.75) is 58.2 Å². The third-order valence-electron chi connectivity index (χ3n) is 6.84. The molecule has 0 aromatic heterocycles. The van der Waals surface area contributed by atoms with Gasteiger partial charge in [0.05, 0.1) is 6.04 Å². The van der Waals surface area contributed by atoms with Crippen molar-refractivity contribution < 1.29 is 9.18 Å². The van der Waals surface area contributed by atoms with Crippen LogP contribution in [0.1, 0.15) is 43.4 Å². The predicted octanol–water partition coefficient (Wildman–Crippen LogP) is 4.35. The third-order valence-corrected chi connectivity index (χ3v) is 6.84. The minimum absolute atomic E-state index is 0.133. The van der Waals surface area contributed by atoms with Gasteiger partial charge in [-0.25, -0.2) is 4.39 Å². The number of halogens is 1. The summed E-state index contributed by atoms with van der Waals surface area (Å²) in [5, 5.41) is 3.36. The summed E-state index contributed by atoms with van der Waals surface area (Å²) >= 11 is 0. The molecule has 29 heavy (non-hydrogen) atoms. The molecule has 1 saturated heterocycles. The Bertz CT molecular complexity index is 838. The Labute approximate surface area is 173 Å². The molecule has 2 atom stereocenters. The van der Waals surface area contributed by atoms with Crippen molar-refractivity contribution in [2.75, 3.05) is 6.54 Å². The van der Waals surface area contributed by atoms with E-state index in [9.17, 15) is 9.18 Å². The second-order valence-electron chi connectivity index (χ2n) is 8.63. The standard InChI is InChI=1S/C25H31FN2O/c1-3-18(4-2)24-25(29)27-23(21-13-19-9-5-6-10-20(19)14-21)16-28(24)15-17-8-7-11-22(26)12-17/h5-12,18,21,23-24H,3-4,13-16H2,1-2H3,(H,27,29)/t23-,24+/m0/s1. The highest BCUT2D eigenvalue weighted by Crippen LogP contribution is 2.32. The number of nitrogens with zero attached hydrogens (tertiary/aromatic N) is 1. The van der Waals surface area contributed by atoms with E-state index >= 15 is 0 Å². The van der Waals surface area contributed by atoms with Gasteiger partial charge in [0.15, 0.2) is 0 Å². The molecular weight excluding hydrogens is 363 g/mol. The first-order valence-corrected chi connectivity index (χ1v) is 10.9. The molecule has 4 heteroatoms. The van der Waals surface area contributed by atoms with Gasteiger partial charge in [0.25, 0.3) is 0 Å². The lowest BCUT2D eigenvalue weighted by molar-refractivity contribution is -0.134. The van der Waals surface area contributed by atoms with E-state index in [0.717, 1.165) is 37.8 Å². The predicted molar refractivity (Wildman–Crippen MR) is 114 cm³/mol. The molecular formula is C25H31FN2O. The number of amides is 1. The molecule has 3 nitrogen and oxygen atoms in total. The number of hydrogen-bond donors (Lipinski definition) is 1. The van der Waals surface area contributed by atoms with Crippen molar-refractivity contribution in [1.82, 2.24) is 10.2 Å². The largest absolute Gasteiger partial charge is 0.350 e. The molecule has 2 aromatic carbocycles. The fourth-order valence-electron chi connectivity index (χ4n) is 5.27. The maximum absolute atomic E-state index is 13.8. The minimum Gasteiger partial charge on any atom is -0.350 e. The van der Waals surface area contributed by atoms with Gasteiger partial charge < -0.3 is 5.32 Å². The second-order valence-corrected chi connectivity index (χ2v) is 8.63. The number of benzene rings is 2. The van der Waals surface area contributed by atoms with E-state index in [1.165, 1.54) is 17.2 Å². The summed E-state index contributed by atoms with van der Waals surface area (Å²) in [4.78, 5) is 15.5. The van der Waals surface area contributed by atoms with Crippen LogP contribution in [0.5, 0.6) is 0 Å². The smallest absolute Gasteiger partial charge is 0.237 e. The number of fused-ring (bicyclic) bond motifs is 1. The van der Waals surface area contributed by atoms with Gasteiger partial charge >= 0.3 is 0 Å². The van der Waals surface area contributed by atoms with E-state index in [1.807, 2.05) is 6.07 Å². The van der Waals surface area contributed by atoms with E-state index in [4.69, 9.17) is 0 Å². The van der Waals surface area contributed by atoms with Crippen molar-refractivity contribution >= 4 is 5.91 Å². The molecule has 0 saturated carbocycles.